The van der Waals surface area contributed by atoms with Crippen molar-refractivity contribution in [2.24, 2.45) is 0 Å². The van der Waals surface area contributed by atoms with Gasteiger partial charge in [0.2, 0.25) is 0 Å². The minimum absolute atomic E-state index is 0.0323. The van der Waals surface area contributed by atoms with E-state index in [1.165, 1.54) is 109 Å². The number of hydrogen-bond donors (Lipinski definition) is 0. The van der Waals surface area contributed by atoms with Crippen LogP contribution in [0.1, 0.15) is 193 Å². The average molecular weight is 786 g/mol. The van der Waals surface area contributed by atoms with Crippen molar-refractivity contribution in [2.45, 2.75) is 199 Å². The van der Waals surface area contributed by atoms with E-state index >= 15 is 0 Å². The number of allylic oxidation sites excluding steroid dienone is 3. The van der Waals surface area contributed by atoms with Crippen LogP contribution in [0.2, 0.25) is 0 Å². The van der Waals surface area contributed by atoms with Crippen molar-refractivity contribution in [3.05, 3.63) is 24.8 Å². The van der Waals surface area contributed by atoms with Gasteiger partial charge in [-0.3, -0.25) is 14.2 Å². The second-order valence-corrected chi connectivity index (χ2v) is 17.6. The molecule has 0 saturated heterocycles. The number of quaternary nitrogens is 1. The first-order chi connectivity index (χ1) is 26.0. The van der Waals surface area contributed by atoms with Gasteiger partial charge < -0.3 is 27.9 Å². The van der Waals surface area contributed by atoms with Crippen molar-refractivity contribution >= 4 is 19.8 Å². The lowest BCUT2D eigenvalue weighted by Crippen LogP contribution is -2.37. The van der Waals surface area contributed by atoms with Gasteiger partial charge in [0, 0.05) is 12.8 Å². The van der Waals surface area contributed by atoms with Gasteiger partial charge in [0.25, 0.3) is 7.82 Å². The Labute approximate surface area is 332 Å². The summed E-state index contributed by atoms with van der Waals surface area (Å²) < 4.78 is 33.9. The maximum absolute atomic E-state index is 12.7. The highest BCUT2D eigenvalue weighted by atomic mass is 31.2. The van der Waals surface area contributed by atoms with Gasteiger partial charge in [-0.25, -0.2) is 0 Å². The summed E-state index contributed by atoms with van der Waals surface area (Å²) in [6, 6.07) is 0. The fraction of sp³-hybridized carbons (Fsp3) is 0.864. The molecule has 0 aromatic heterocycles. The maximum atomic E-state index is 12.7. The zero-order valence-corrected chi connectivity index (χ0v) is 36.4. The molecule has 318 valence electrons. The van der Waals surface area contributed by atoms with Crippen molar-refractivity contribution < 1.29 is 42.1 Å². The van der Waals surface area contributed by atoms with Gasteiger partial charge in [0.15, 0.2) is 6.10 Å². The molecule has 0 bridgehead atoms. The van der Waals surface area contributed by atoms with E-state index < -0.39 is 32.5 Å². The standard InChI is InChI=1S/C44H84NO8P/c1-6-8-10-12-14-16-18-20-22-24-26-28-30-32-34-36-43(46)50-40-42(41-52-54(48,49)51-39-38-45(3,4)5)53-44(47)37-35-33-31-29-27-25-23-21-19-17-15-13-11-9-7-2/h7,24,26,42H,2,6,8-23,25,27-41H2,1,3-5H3/b26-24+/t42-/m1/s1. The van der Waals surface area contributed by atoms with Crippen LogP contribution in [-0.2, 0) is 32.7 Å². The van der Waals surface area contributed by atoms with E-state index in [4.69, 9.17) is 18.5 Å². The van der Waals surface area contributed by atoms with E-state index in [0.29, 0.717) is 23.9 Å². The summed E-state index contributed by atoms with van der Waals surface area (Å²) in [6.45, 7) is 5.74. The summed E-state index contributed by atoms with van der Waals surface area (Å²) in [5, 5.41) is 0. The molecule has 0 amide bonds. The highest BCUT2D eigenvalue weighted by molar-refractivity contribution is 7.45. The Morgan fingerprint density at radius 3 is 1.52 bits per heavy atom. The number of ether oxygens (including phenoxy) is 2. The van der Waals surface area contributed by atoms with Gasteiger partial charge in [0.1, 0.15) is 19.8 Å². The number of unbranched alkanes of at least 4 members (excludes halogenated alkanes) is 24. The average Bonchev–Trinajstić information content (AvgIpc) is 3.12. The van der Waals surface area contributed by atoms with Gasteiger partial charge >= 0.3 is 11.9 Å². The Bertz CT molecular complexity index is 967. The number of esters is 2. The summed E-state index contributed by atoms with van der Waals surface area (Å²) in [5.74, 6) is -0.851. The molecule has 54 heavy (non-hydrogen) atoms. The molecule has 0 heterocycles. The quantitative estimate of drug-likeness (QED) is 0.0198. The van der Waals surface area contributed by atoms with Gasteiger partial charge in [-0.05, 0) is 51.4 Å². The summed E-state index contributed by atoms with van der Waals surface area (Å²) >= 11 is 0. The molecule has 0 saturated carbocycles. The zero-order valence-electron chi connectivity index (χ0n) is 35.5. The first-order valence-corrected chi connectivity index (χ1v) is 23.5. The lowest BCUT2D eigenvalue weighted by Gasteiger charge is -2.28. The van der Waals surface area contributed by atoms with Crippen LogP contribution >= 0.6 is 7.82 Å². The number of phosphoric acid groups is 1. The summed E-state index contributed by atoms with van der Waals surface area (Å²) in [4.78, 5) is 37.5. The van der Waals surface area contributed by atoms with Crippen molar-refractivity contribution in [1.29, 1.82) is 0 Å². The largest absolute Gasteiger partial charge is 0.756 e. The van der Waals surface area contributed by atoms with E-state index in [1.54, 1.807) is 0 Å². The van der Waals surface area contributed by atoms with Crippen LogP contribution in [0.3, 0.4) is 0 Å². The highest BCUT2D eigenvalue weighted by Gasteiger charge is 2.21. The smallest absolute Gasteiger partial charge is 0.306 e. The van der Waals surface area contributed by atoms with Gasteiger partial charge in [-0.15, -0.1) is 6.58 Å². The maximum Gasteiger partial charge on any atom is 0.306 e. The molecule has 10 heteroatoms. The van der Waals surface area contributed by atoms with Crippen LogP contribution in [0.4, 0.5) is 0 Å². The van der Waals surface area contributed by atoms with Crippen LogP contribution in [0.15, 0.2) is 24.8 Å². The first-order valence-electron chi connectivity index (χ1n) is 22.0. The SMILES string of the molecule is C=CCCCCCCCCCCCCCCCC(=O)O[C@H](COC(=O)CCCCC/C=C/CCCCCCCCCC)COP(=O)([O-])OCC[N+](C)(C)C. The minimum Gasteiger partial charge on any atom is -0.756 e. The molecule has 0 aliphatic carbocycles. The lowest BCUT2D eigenvalue weighted by atomic mass is 10.0. The molecule has 9 nitrogen and oxygen atoms in total. The monoisotopic (exact) mass is 786 g/mol. The molecule has 0 radical (unpaired) electrons. The van der Waals surface area contributed by atoms with Crippen LogP contribution in [0, 0.1) is 0 Å². The van der Waals surface area contributed by atoms with Crippen molar-refractivity contribution in [3.8, 4) is 0 Å². The fourth-order valence-corrected chi connectivity index (χ4v) is 6.83. The molecule has 0 aromatic rings. The molecular formula is C44H84NO8P. The van der Waals surface area contributed by atoms with Crippen LogP contribution in [-0.4, -0.2) is 70.0 Å². The van der Waals surface area contributed by atoms with Gasteiger partial charge in [-0.1, -0.05) is 147 Å². The highest BCUT2D eigenvalue weighted by Crippen LogP contribution is 2.38. The predicted molar refractivity (Wildman–Crippen MR) is 222 cm³/mol. The fourth-order valence-electron chi connectivity index (χ4n) is 6.10. The van der Waals surface area contributed by atoms with E-state index in [-0.39, 0.29) is 26.1 Å². The van der Waals surface area contributed by atoms with Crippen molar-refractivity contribution in [3.63, 3.8) is 0 Å². The van der Waals surface area contributed by atoms with Crippen LogP contribution < -0.4 is 4.89 Å². The number of nitrogens with zero attached hydrogens (tertiary/aromatic N) is 1. The number of rotatable bonds is 41. The Hall–Kier alpha value is -1.51. The topological polar surface area (TPSA) is 111 Å². The third kappa shape index (κ3) is 40.2. The predicted octanol–water partition coefficient (Wildman–Crippen LogP) is 11.7. The summed E-state index contributed by atoms with van der Waals surface area (Å²) in [5.41, 5.74) is 0. The van der Waals surface area contributed by atoms with Crippen LogP contribution in [0.5, 0.6) is 0 Å². The molecular weight excluding hydrogens is 701 g/mol. The van der Waals surface area contributed by atoms with Crippen molar-refractivity contribution in [1.82, 2.24) is 0 Å². The molecule has 1 unspecified atom stereocenters. The van der Waals surface area contributed by atoms with Crippen LogP contribution in [0.25, 0.3) is 0 Å². The number of carbonyl (C=O) groups excluding carboxylic acids is 2. The summed E-state index contributed by atoms with van der Waals surface area (Å²) in [7, 11) is 1.16. The molecule has 0 rings (SSSR count). The molecule has 0 N–H and O–H groups in total. The molecule has 0 aromatic carbocycles. The van der Waals surface area contributed by atoms with Gasteiger partial charge in [0.05, 0.1) is 27.7 Å². The minimum atomic E-state index is -4.62. The normalized spacial score (nSPS) is 13.6. The Morgan fingerprint density at radius 1 is 0.611 bits per heavy atom. The molecule has 0 aliphatic heterocycles. The van der Waals surface area contributed by atoms with E-state index in [1.807, 2.05) is 27.2 Å². The molecule has 0 aliphatic rings. The van der Waals surface area contributed by atoms with Crippen molar-refractivity contribution in [2.75, 3.05) is 47.5 Å². The van der Waals surface area contributed by atoms with Gasteiger partial charge in [-0.2, -0.15) is 0 Å². The second kappa shape index (κ2) is 37.1. The van der Waals surface area contributed by atoms with E-state index in [0.717, 1.165) is 51.4 Å². The molecule has 0 fully saturated rings. The zero-order chi connectivity index (χ0) is 40.0. The third-order valence-electron chi connectivity index (χ3n) is 9.59. The van der Waals surface area contributed by atoms with E-state index in [9.17, 15) is 19.0 Å². The summed E-state index contributed by atoms with van der Waals surface area (Å²) in [6.07, 6.45) is 38.1. The lowest BCUT2D eigenvalue weighted by molar-refractivity contribution is -0.870. The Morgan fingerprint density at radius 2 is 1.04 bits per heavy atom. The molecule has 2 atom stereocenters. The number of carbonyl (C=O) groups is 2. The number of phosphoric ester groups is 1. The number of likely N-dealkylation sites (N-methyl/N-ethyl adjacent to an activating group) is 1. The molecule has 0 spiro atoms. The third-order valence-corrected chi connectivity index (χ3v) is 10.6. The first kappa shape index (κ1) is 52.5. The second-order valence-electron chi connectivity index (χ2n) is 16.1. The Kier molecular flexibility index (Phi) is 36.1. The number of hydrogen-bond acceptors (Lipinski definition) is 8. The van der Waals surface area contributed by atoms with E-state index in [2.05, 4.69) is 25.7 Å². The Balaban J connectivity index is 4.35.